The standard InChI is InChI=1S/C4H10O.C3H6O2.CH2O2.CH4/c1-3-4-5-2;1-2-5-3-4;2-1-3;/h3-4H2,1-2H3;3H,2H2,1H3;1H,(H,2,3);1H4. The number of carbonyl (C=O) groups is 2. The van der Waals surface area contributed by atoms with Crippen LogP contribution in [0.4, 0.5) is 0 Å². The molecule has 0 bridgehead atoms. The molecule has 0 heterocycles. The summed E-state index contributed by atoms with van der Waals surface area (Å²) in [7, 11) is 1.71. The third-order valence-electron chi connectivity index (χ3n) is 0.643. The number of rotatable bonds is 4. The van der Waals surface area contributed by atoms with E-state index in [1.807, 2.05) is 0 Å². The van der Waals surface area contributed by atoms with Gasteiger partial charge in [0.05, 0.1) is 6.61 Å². The van der Waals surface area contributed by atoms with Crippen molar-refractivity contribution in [2.75, 3.05) is 20.3 Å². The minimum absolute atomic E-state index is 0. The van der Waals surface area contributed by atoms with Gasteiger partial charge in [0.15, 0.2) is 0 Å². The van der Waals surface area contributed by atoms with Gasteiger partial charge in [-0.25, -0.2) is 0 Å². The lowest BCUT2D eigenvalue weighted by molar-refractivity contribution is -0.128. The Labute approximate surface area is 86.0 Å². The van der Waals surface area contributed by atoms with Gasteiger partial charge in [0.1, 0.15) is 0 Å². The first-order valence-corrected chi connectivity index (χ1v) is 3.87. The van der Waals surface area contributed by atoms with Crippen molar-refractivity contribution in [3.63, 3.8) is 0 Å². The second-order valence-corrected chi connectivity index (χ2v) is 1.65. The molecule has 1 N–H and O–H groups in total. The maximum atomic E-state index is 9.18. The Kier molecular flexibility index (Phi) is 66.9. The van der Waals surface area contributed by atoms with Crippen LogP contribution >= 0.6 is 0 Å². The van der Waals surface area contributed by atoms with Gasteiger partial charge in [0.25, 0.3) is 12.9 Å². The molecule has 0 aromatic heterocycles. The van der Waals surface area contributed by atoms with E-state index in [0.29, 0.717) is 13.1 Å². The summed E-state index contributed by atoms with van der Waals surface area (Å²) in [5, 5.41) is 6.89. The van der Waals surface area contributed by atoms with E-state index in [4.69, 9.17) is 14.6 Å². The molecule has 5 nitrogen and oxygen atoms in total. The van der Waals surface area contributed by atoms with E-state index in [-0.39, 0.29) is 13.9 Å². The number of carbonyl (C=O) groups excluding carboxylic acids is 1. The summed E-state index contributed by atoms with van der Waals surface area (Å²) in [6.45, 7) is 5.39. The highest BCUT2D eigenvalue weighted by Crippen LogP contribution is 1.70. The van der Waals surface area contributed by atoms with Crippen LogP contribution in [-0.2, 0) is 19.1 Å². The zero-order chi connectivity index (χ0) is 10.9. The lowest BCUT2D eigenvalue weighted by atomic mass is 10.5. The Hall–Kier alpha value is -1.10. The van der Waals surface area contributed by atoms with Gasteiger partial charge in [0.2, 0.25) is 0 Å². The minimum atomic E-state index is -0.250. The summed E-state index contributed by atoms with van der Waals surface area (Å²) in [5.74, 6) is 0. The summed E-state index contributed by atoms with van der Waals surface area (Å²) < 4.78 is 8.84. The molecule has 88 valence electrons. The first-order valence-electron chi connectivity index (χ1n) is 3.87. The second-order valence-electron chi connectivity index (χ2n) is 1.65. The fourth-order valence-electron chi connectivity index (χ4n) is 0.272. The van der Waals surface area contributed by atoms with E-state index in [1.54, 1.807) is 14.0 Å². The Morgan fingerprint density at radius 1 is 1.29 bits per heavy atom. The molecule has 0 spiro atoms. The normalized spacial score (nSPS) is 6.21. The third kappa shape index (κ3) is 127. The molecule has 0 aliphatic heterocycles. The average molecular weight is 210 g/mol. The first kappa shape index (κ1) is 23.1. The van der Waals surface area contributed by atoms with Crippen LogP contribution in [0.25, 0.3) is 0 Å². The molecule has 0 saturated heterocycles. The highest BCUT2D eigenvalue weighted by atomic mass is 16.5. The fourth-order valence-corrected chi connectivity index (χ4v) is 0.272. The zero-order valence-corrected chi connectivity index (χ0v) is 8.36. The molecule has 0 aromatic carbocycles. The Bertz CT molecular complexity index is 83.3. The minimum Gasteiger partial charge on any atom is -0.483 e. The lowest BCUT2D eigenvalue weighted by Crippen LogP contribution is -1.80. The number of carboxylic acid groups (broad SMARTS) is 1. The van der Waals surface area contributed by atoms with Crippen molar-refractivity contribution >= 4 is 12.9 Å². The van der Waals surface area contributed by atoms with Gasteiger partial charge in [-0.05, 0) is 13.3 Å². The molecule has 0 atom stereocenters. The van der Waals surface area contributed by atoms with Crippen LogP contribution in [0, 0.1) is 0 Å². The average Bonchev–Trinajstić information content (AvgIpc) is 2.09. The van der Waals surface area contributed by atoms with Crippen molar-refractivity contribution < 1.29 is 24.2 Å². The zero-order valence-electron chi connectivity index (χ0n) is 8.36. The predicted molar refractivity (Wildman–Crippen MR) is 55.3 cm³/mol. The van der Waals surface area contributed by atoms with Gasteiger partial charge in [-0.15, -0.1) is 0 Å². The summed E-state index contributed by atoms with van der Waals surface area (Å²) in [6.07, 6.45) is 1.12. The maximum Gasteiger partial charge on any atom is 0.293 e. The summed E-state index contributed by atoms with van der Waals surface area (Å²) in [5.41, 5.74) is 0. The van der Waals surface area contributed by atoms with Crippen LogP contribution in [0.15, 0.2) is 0 Å². The molecule has 0 radical (unpaired) electrons. The van der Waals surface area contributed by atoms with E-state index in [9.17, 15) is 4.79 Å². The quantitative estimate of drug-likeness (QED) is 0.713. The Morgan fingerprint density at radius 3 is 1.71 bits per heavy atom. The monoisotopic (exact) mass is 210 g/mol. The van der Waals surface area contributed by atoms with Gasteiger partial charge >= 0.3 is 0 Å². The third-order valence-corrected chi connectivity index (χ3v) is 0.643. The SMILES string of the molecule is C.CCCOC.CCOC=O.O=CO. The van der Waals surface area contributed by atoms with E-state index in [2.05, 4.69) is 11.7 Å². The number of hydrogen-bond acceptors (Lipinski definition) is 4. The van der Waals surface area contributed by atoms with Crippen molar-refractivity contribution in [3.05, 3.63) is 0 Å². The van der Waals surface area contributed by atoms with Crippen LogP contribution in [0.2, 0.25) is 0 Å². The molecular formula is C9H22O5. The van der Waals surface area contributed by atoms with Gasteiger partial charge in [-0.2, -0.15) is 0 Å². The van der Waals surface area contributed by atoms with Crippen molar-refractivity contribution in [3.8, 4) is 0 Å². The number of methoxy groups -OCH3 is 1. The largest absolute Gasteiger partial charge is 0.483 e. The van der Waals surface area contributed by atoms with Gasteiger partial charge in [-0.1, -0.05) is 14.4 Å². The van der Waals surface area contributed by atoms with Crippen molar-refractivity contribution in [2.45, 2.75) is 27.7 Å². The van der Waals surface area contributed by atoms with Gasteiger partial charge < -0.3 is 14.6 Å². The van der Waals surface area contributed by atoms with Gasteiger partial charge in [0, 0.05) is 13.7 Å². The molecule has 0 rings (SSSR count). The van der Waals surface area contributed by atoms with Crippen LogP contribution in [0.5, 0.6) is 0 Å². The van der Waals surface area contributed by atoms with Crippen LogP contribution < -0.4 is 0 Å². The van der Waals surface area contributed by atoms with Crippen molar-refractivity contribution in [1.29, 1.82) is 0 Å². The molecule has 0 amide bonds. The van der Waals surface area contributed by atoms with Crippen molar-refractivity contribution in [1.82, 2.24) is 0 Å². The summed E-state index contributed by atoms with van der Waals surface area (Å²) in [4.78, 5) is 17.5. The molecule has 0 unspecified atom stereocenters. The predicted octanol–water partition coefficient (Wildman–Crippen LogP) is 1.56. The van der Waals surface area contributed by atoms with Crippen LogP contribution in [0.3, 0.4) is 0 Å². The van der Waals surface area contributed by atoms with Gasteiger partial charge in [-0.3, -0.25) is 9.59 Å². The lowest BCUT2D eigenvalue weighted by Gasteiger charge is -1.84. The Balaban J connectivity index is -0.0000000535. The van der Waals surface area contributed by atoms with E-state index >= 15 is 0 Å². The smallest absolute Gasteiger partial charge is 0.293 e. The van der Waals surface area contributed by atoms with Crippen molar-refractivity contribution in [2.24, 2.45) is 0 Å². The number of ether oxygens (including phenoxy) is 2. The Morgan fingerprint density at radius 2 is 1.71 bits per heavy atom. The first-order chi connectivity index (χ1) is 6.24. The summed E-state index contributed by atoms with van der Waals surface area (Å²) in [6, 6.07) is 0. The fraction of sp³-hybridized carbons (Fsp3) is 0.778. The molecule has 0 aliphatic rings. The van der Waals surface area contributed by atoms with Crippen LogP contribution in [-0.4, -0.2) is 38.4 Å². The topological polar surface area (TPSA) is 72.8 Å². The highest BCUT2D eigenvalue weighted by Gasteiger charge is 1.66. The van der Waals surface area contributed by atoms with E-state index in [1.165, 1.54) is 0 Å². The molecule has 0 aliphatic carbocycles. The van der Waals surface area contributed by atoms with Crippen LogP contribution in [0.1, 0.15) is 27.7 Å². The number of hydrogen-bond donors (Lipinski definition) is 1. The highest BCUT2D eigenvalue weighted by molar-refractivity contribution is 5.36. The molecule has 14 heavy (non-hydrogen) atoms. The molecule has 5 heteroatoms. The second kappa shape index (κ2) is 40.6. The van der Waals surface area contributed by atoms with E-state index < -0.39 is 0 Å². The maximum absolute atomic E-state index is 9.18. The molecule has 0 aromatic rings. The molecule has 0 saturated carbocycles. The molecule has 0 fully saturated rings. The summed E-state index contributed by atoms with van der Waals surface area (Å²) >= 11 is 0. The van der Waals surface area contributed by atoms with E-state index in [0.717, 1.165) is 13.0 Å². The molecular weight excluding hydrogens is 188 g/mol.